The summed E-state index contributed by atoms with van der Waals surface area (Å²) in [5.41, 5.74) is -0.722. The first-order valence-corrected chi connectivity index (χ1v) is 8.45. The van der Waals surface area contributed by atoms with E-state index >= 15 is 0 Å². The lowest BCUT2D eigenvalue weighted by Gasteiger charge is -2.31. The Labute approximate surface area is 114 Å². The zero-order chi connectivity index (χ0) is 13.0. The van der Waals surface area contributed by atoms with Crippen molar-refractivity contribution >= 4 is 17.7 Å². The molecule has 2 rings (SSSR count). The molecule has 2 aliphatic rings. The zero-order valence-electron chi connectivity index (χ0n) is 11.3. The molecule has 0 aliphatic heterocycles. The third kappa shape index (κ3) is 3.89. The van der Waals surface area contributed by atoms with Gasteiger partial charge in [-0.3, -0.25) is 4.79 Å². The lowest BCUT2D eigenvalue weighted by molar-refractivity contribution is -0.128. The highest BCUT2D eigenvalue weighted by molar-refractivity contribution is 7.99. The lowest BCUT2D eigenvalue weighted by atomic mass is 9.82. The molecule has 4 heteroatoms. The Hall–Kier alpha value is -0.220. The Morgan fingerprint density at radius 1 is 1.33 bits per heavy atom. The van der Waals surface area contributed by atoms with Crippen molar-refractivity contribution in [2.75, 3.05) is 6.26 Å². The summed E-state index contributed by atoms with van der Waals surface area (Å²) < 4.78 is 0. The Bertz CT molecular complexity index is 290. The van der Waals surface area contributed by atoms with Crippen LogP contribution in [0.5, 0.6) is 0 Å². The molecule has 0 bridgehead atoms. The van der Waals surface area contributed by atoms with E-state index in [-0.39, 0.29) is 5.91 Å². The van der Waals surface area contributed by atoms with Crippen LogP contribution in [0.25, 0.3) is 0 Å². The van der Waals surface area contributed by atoms with Gasteiger partial charge >= 0.3 is 0 Å². The fourth-order valence-corrected chi connectivity index (χ4v) is 4.05. The number of rotatable bonds is 4. The fraction of sp³-hybridized carbons (Fsp3) is 0.929. The first kappa shape index (κ1) is 14.2. The normalized spacial score (nSPS) is 31.2. The van der Waals surface area contributed by atoms with E-state index in [4.69, 9.17) is 0 Å². The first-order valence-electron chi connectivity index (χ1n) is 7.16. The molecule has 104 valence electrons. The minimum atomic E-state index is -0.722. The molecule has 2 atom stereocenters. The number of carbonyl (C=O) groups excluding carboxylic acids is 1. The molecule has 18 heavy (non-hydrogen) atoms. The molecule has 2 aliphatic carbocycles. The van der Waals surface area contributed by atoms with Gasteiger partial charge in [0.2, 0.25) is 5.91 Å². The predicted molar refractivity (Wildman–Crippen MR) is 75.7 cm³/mol. The summed E-state index contributed by atoms with van der Waals surface area (Å²) in [6, 6.07) is 0.335. The standard InChI is InChI=1S/C14H25NO2S/c1-18-12-6-5-11(9-12)15-13(16)10-14(17)7-3-2-4-8-14/h11-12,17H,2-10H2,1H3,(H,15,16). The Balaban J connectivity index is 1.75. The molecule has 2 saturated carbocycles. The monoisotopic (exact) mass is 271 g/mol. The van der Waals surface area contributed by atoms with Crippen molar-refractivity contribution in [3.63, 3.8) is 0 Å². The first-order chi connectivity index (χ1) is 8.61. The summed E-state index contributed by atoms with van der Waals surface area (Å²) >= 11 is 1.90. The van der Waals surface area contributed by atoms with Gasteiger partial charge in [0.15, 0.2) is 0 Å². The molecular formula is C14H25NO2S. The molecule has 0 saturated heterocycles. The van der Waals surface area contributed by atoms with E-state index in [1.807, 2.05) is 11.8 Å². The predicted octanol–water partition coefficient (Wildman–Crippen LogP) is 2.47. The second-order valence-corrected chi connectivity index (χ2v) is 7.04. The highest BCUT2D eigenvalue weighted by Crippen LogP contribution is 2.32. The molecule has 0 aromatic heterocycles. The third-order valence-corrected chi connectivity index (χ3v) is 5.45. The molecule has 3 nitrogen and oxygen atoms in total. The van der Waals surface area contributed by atoms with Crippen LogP contribution in [0.3, 0.4) is 0 Å². The van der Waals surface area contributed by atoms with Crippen LogP contribution < -0.4 is 5.32 Å². The van der Waals surface area contributed by atoms with Crippen LogP contribution in [0, 0.1) is 0 Å². The number of hydrogen-bond acceptors (Lipinski definition) is 3. The van der Waals surface area contributed by atoms with Crippen molar-refractivity contribution in [2.24, 2.45) is 0 Å². The minimum Gasteiger partial charge on any atom is -0.389 e. The molecule has 0 spiro atoms. The molecule has 0 heterocycles. The van der Waals surface area contributed by atoms with E-state index in [1.165, 1.54) is 12.8 Å². The van der Waals surface area contributed by atoms with Crippen molar-refractivity contribution in [1.82, 2.24) is 5.32 Å². The summed E-state index contributed by atoms with van der Waals surface area (Å²) in [7, 11) is 0. The van der Waals surface area contributed by atoms with E-state index < -0.39 is 5.60 Å². The van der Waals surface area contributed by atoms with Gasteiger partial charge in [0.25, 0.3) is 0 Å². The highest BCUT2D eigenvalue weighted by Gasteiger charge is 2.33. The number of aliphatic hydroxyl groups is 1. The molecular weight excluding hydrogens is 246 g/mol. The van der Waals surface area contributed by atoms with Gasteiger partial charge < -0.3 is 10.4 Å². The summed E-state index contributed by atoms with van der Waals surface area (Å²) in [4.78, 5) is 12.0. The second kappa shape index (κ2) is 6.29. The summed E-state index contributed by atoms with van der Waals surface area (Å²) in [6.45, 7) is 0. The van der Waals surface area contributed by atoms with Crippen LogP contribution in [0.4, 0.5) is 0 Å². The smallest absolute Gasteiger partial charge is 0.223 e. The number of thioether (sulfide) groups is 1. The average Bonchev–Trinajstić information content (AvgIpc) is 2.76. The Morgan fingerprint density at radius 2 is 2.06 bits per heavy atom. The molecule has 1 amide bonds. The van der Waals surface area contributed by atoms with E-state index in [9.17, 15) is 9.90 Å². The molecule has 2 fully saturated rings. The number of hydrogen-bond donors (Lipinski definition) is 2. The largest absolute Gasteiger partial charge is 0.389 e. The number of amides is 1. The van der Waals surface area contributed by atoms with Crippen molar-refractivity contribution in [2.45, 2.75) is 74.7 Å². The molecule has 0 radical (unpaired) electrons. The summed E-state index contributed by atoms with van der Waals surface area (Å²) in [6.07, 6.45) is 10.7. The zero-order valence-corrected chi connectivity index (χ0v) is 12.1. The third-order valence-electron chi connectivity index (χ3n) is 4.36. The van der Waals surface area contributed by atoms with Crippen molar-refractivity contribution < 1.29 is 9.90 Å². The molecule has 0 aromatic carbocycles. The maximum Gasteiger partial charge on any atom is 0.223 e. The van der Waals surface area contributed by atoms with Crippen molar-refractivity contribution in [3.05, 3.63) is 0 Å². The molecule has 2 N–H and O–H groups in total. The molecule has 2 unspecified atom stereocenters. The summed E-state index contributed by atoms with van der Waals surface area (Å²) in [5, 5.41) is 14.2. The minimum absolute atomic E-state index is 0.0474. The second-order valence-electron chi connectivity index (χ2n) is 5.90. The van der Waals surface area contributed by atoms with Gasteiger partial charge in [-0.05, 0) is 38.4 Å². The Kier molecular flexibility index (Phi) is 4.96. The maximum absolute atomic E-state index is 12.0. The van der Waals surface area contributed by atoms with E-state index in [2.05, 4.69) is 11.6 Å². The van der Waals surface area contributed by atoms with Crippen LogP contribution in [0.15, 0.2) is 0 Å². The van der Waals surface area contributed by atoms with E-state index in [1.54, 1.807) is 0 Å². The van der Waals surface area contributed by atoms with Gasteiger partial charge in [0.05, 0.1) is 12.0 Å². The molecule has 0 aromatic rings. The van der Waals surface area contributed by atoms with Crippen LogP contribution in [-0.2, 0) is 4.79 Å². The number of carbonyl (C=O) groups is 1. The van der Waals surface area contributed by atoms with Gasteiger partial charge in [-0.1, -0.05) is 19.3 Å². The highest BCUT2D eigenvalue weighted by atomic mass is 32.2. The van der Waals surface area contributed by atoms with E-state index in [0.29, 0.717) is 17.7 Å². The fourth-order valence-electron chi connectivity index (χ4n) is 3.25. The average molecular weight is 271 g/mol. The number of nitrogens with one attached hydrogen (secondary N) is 1. The van der Waals surface area contributed by atoms with Gasteiger partial charge in [0.1, 0.15) is 0 Å². The van der Waals surface area contributed by atoms with Crippen LogP contribution >= 0.6 is 11.8 Å². The quantitative estimate of drug-likeness (QED) is 0.826. The maximum atomic E-state index is 12.0. The van der Waals surface area contributed by atoms with E-state index in [0.717, 1.165) is 38.5 Å². The van der Waals surface area contributed by atoms with Gasteiger partial charge in [-0.15, -0.1) is 0 Å². The van der Waals surface area contributed by atoms with Gasteiger partial charge in [0, 0.05) is 11.3 Å². The van der Waals surface area contributed by atoms with Crippen LogP contribution in [0.2, 0.25) is 0 Å². The SMILES string of the molecule is CSC1CCC(NC(=O)CC2(O)CCCCC2)C1. The lowest BCUT2D eigenvalue weighted by Crippen LogP contribution is -2.41. The van der Waals surface area contributed by atoms with Crippen molar-refractivity contribution in [3.8, 4) is 0 Å². The van der Waals surface area contributed by atoms with Crippen LogP contribution in [0.1, 0.15) is 57.8 Å². The Morgan fingerprint density at radius 3 is 2.67 bits per heavy atom. The van der Waals surface area contributed by atoms with Crippen molar-refractivity contribution in [1.29, 1.82) is 0 Å². The van der Waals surface area contributed by atoms with Gasteiger partial charge in [-0.2, -0.15) is 11.8 Å². The van der Waals surface area contributed by atoms with Crippen LogP contribution in [-0.4, -0.2) is 34.2 Å². The van der Waals surface area contributed by atoms with Gasteiger partial charge in [-0.25, -0.2) is 0 Å². The summed E-state index contributed by atoms with van der Waals surface area (Å²) in [5.74, 6) is 0.0474. The topological polar surface area (TPSA) is 49.3 Å².